The summed E-state index contributed by atoms with van der Waals surface area (Å²) in [5.74, 6) is 0.298. The standard InChI is InChI=1S/C23H34N4O3/c28-19-30-23(29)22-8-12-25(13-9-22)27-16-14-26(15-17-27)24-10-6-21(7-11-24)18-20-4-2-1-3-5-20/h1-5,19,21-22H,6-18H2. The number of benzene rings is 1. The van der Waals surface area contributed by atoms with Crippen molar-refractivity contribution in [1.82, 2.24) is 20.0 Å². The van der Waals surface area contributed by atoms with E-state index < -0.39 is 0 Å². The topological polar surface area (TPSA) is 56.3 Å². The van der Waals surface area contributed by atoms with Crippen molar-refractivity contribution >= 4 is 12.4 Å². The molecule has 0 amide bonds. The summed E-state index contributed by atoms with van der Waals surface area (Å²) in [6.07, 6.45) is 5.29. The Morgan fingerprint density at radius 3 is 1.83 bits per heavy atom. The lowest BCUT2D eigenvalue weighted by molar-refractivity contribution is -0.160. The molecule has 1 aromatic rings. The van der Waals surface area contributed by atoms with Gasteiger partial charge in [0, 0.05) is 52.4 Å². The van der Waals surface area contributed by atoms with Gasteiger partial charge in [0.15, 0.2) is 0 Å². The van der Waals surface area contributed by atoms with Crippen LogP contribution in [0, 0.1) is 11.8 Å². The van der Waals surface area contributed by atoms with Crippen molar-refractivity contribution in [3.8, 4) is 0 Å². The molecule has 1 aromatic carbocycles. The van der Waals surface area contributed by atoms with Crippen LogP contribution in [0.3, 0.4) is 0 Å². The summed E-state index contributed by atoms with van der Waals surface area (Å²) in [5.41, 5.74) is 1.47. The number of ether oxygens (including phenoxy) is 1. The van der Waals surface area contributed by atoms with Crippen LogP contribution in [0.15, 0.2) is 30.3 Å². The Bertz CT molecular complexity index is 677. The second-order valence-corrected chi connectivity index (χ2v) is 8.76. The van der Waals surface area contributed by atoms with Crippen molar-refractivity contribution in [3.63, 3.8) is 0 Å². The predicted octanol–water partition coefficient (Wildman–Crippen LogP) is 1.80. The van der Waals surface area contributed by atoms with Gasteiger partial charge in [0.2, 0.25) is 0 Å². The van der Waals surface area contributed by atoms with E-state index in [0.717, 1.165) is 58.0 Å². The van der Waals surface area contributed by atoms with Crippen LogP contribution in [0.25, 0.3) is 0 Å². The Morgan fingerprint density at radius 2 is 1.30 bits per heavy atom. The highest BCUT2D eigenvalue weighted by Gasteiger charge is 2.32. The van der Waals surface area contributed by atoms with Gasteiger partial charge in [-0.1, -0.05) is 30.3 Å². The Hall–Kier alpha value is -1.80. The van der Waals surface area contributed by atoms with Gasteiger partial charge in [-0.3, -0.25) is 9.59 Å². The third-order valence-electron chi connectivity index (χ3n) is 6.96. The molecular weight excluding hydrogens is 380 g/mol. The van der Waals surface area contributed by atoms with Gasteiger partial charge < -0.3 is 4.74 Å². The van der Waals surface area contributed by atoms with Crippen molar-refractivity contribution in [2.45, 2.75) is 32.1 Å². The van der Waals surface area contributed by atoms with E-state index in [2.05, 4.69) is 55.1 Å². The van der Waals surface area contributed by atoms with Crippen LogP contribution in [-0.2, 0) is 20.7 Å². The van der Waals surface area contributed by atoms with Gasteiger partial charge in [0.1, 0.15) is 0 Å². The molecule has 7 nitrogen and oxygen atoms in total. The number of rotatable bonds is 6. The van der Waals surface area contributed by atoms with E-state index in [1.54, 1.807) is 0 Å². The molecule has 3 fully saturated rings. The number of carbonyl (C=O) groups is 2. The highest BCUT2D eigenvalue weighted by atomic mass is 16.6. The number of carbonyl (C=O) groups excluding carboxylic acids is 2. The van der Waals surface area contributed by atoms with E-state index in [1.165, 1.54) is 37.9 Å². The summed E-state index contributed by atoms with van der Waals surface area (Å²) in [5, 5.41) is 9.94. The van der Waals surface area contributed by atoms with Crippen LogP contribution < -0.4 is 0 Å². The monoisotopic (exact) mass is 414 g/mol. The van der Waals surface area contributed by atoms with Crippen LogP contribution in [0.4, 0.5) is 0 Å². The summed E-state index contributed by atoms with van der Waals surface area (Å²) in [7, 11) is 0. The van der Waals surface area contributed by atoms with Crippen molar-refractivity contribution < 1.29 is 14.3 Å². The summed E-state index contributed by atoms with van der Waals surface area (Å²) < 4.78 is 4.52. The zero-order valence-electron chi connectivity index (χ0n) is 17.8. The highest BCUT2D eigenvalue weighted by Crippen LogP contribution is 2.24. The van der Waals surface area contributed by atoms with Gasteiger partial charge in [0.05, 0.1) is 5.92 Å². The zero-order chi connectivity index (χ0) is 20.8. The van der Waals surface area contributed by atoms with Gasteiger partial charge >= 0.3 is 12.4 Å². The lowest BCUT2D eigenvalue weighted by Gasteiger charge is -2.47. The molecule has 0 radical (unpaired) electrons. The van der Waals surface area contributed by atoms with Gasteiger partial charge in [-0.2, -0.15) is 0 Å². The van der Waals surface area contributed by atoms with Crippen LogP contribution >= 0.6 is 0 Å². The van der Waals surface area contributed by atoms with E-state index in [9.17, 15) is 9.59 Å². The number of hydrogen-bond acceptors (Lipinski definition) is 7. The van der Waals surface area contributed by atoms with E-state index in [0.29, 0.717) is 0 Å². The van der Waals surface area contributed by atoms with E-state index in [1.807, 2.05) is 0 Å². The maximum absolute atomic E-state index is 11.7. The molecule has 7 heteroatoms. The summed E-state index contributed by atoms with van der Waals surface area (Å²) in [6.45, 7) is 8.52. The first kappa shape index (κ1) is 21.4. The van der Waals surface area contributed by atoms with Gasteiger partial charge in [-0.05, 0) is 43.6 Å². The van der Waals surface area contributed by atoms with Gasteiger partial charge in [-0.25, -0.2) is 20.0 Å². The number of nitrogens with zero attached hydrogens (tertiary/aromatic N) is 4. The Morgan fingerprint density at radius 1 is 0.800 bits per heavy atom. The van der Waals surface area contributed by atoms with E-state index in [-0.39, 0.29) is 18.4 Å². The molecule has 30 heavy (non-hydrogen) atoms. The van der Waals surface area contributed by atoms with Crippen molar-refractivity contribution in [2.24, 2.45) is 11.8 Å². The van der Waals surface area contributed by atoms with Gasteiger partial charge in [-0.15, -0.1) is 0 Å². The smallest absolute Gasteiger partial charge is 0.316 e. The molecule has 3 heterocycles. The SMILES string of the molecule is O=COC(=O)C1CCN(N2CCN(N3CCC(Cc4ccccc4)CC3)CC2)CC1. The maximum Gasteiger partial charge on any atom is 0.316 e. The normalized spacial score (nSPS) is 24.0. The quantitative estimate of drug-likeness (QED) is 0.400. The summed E-state index contributed by atoms with van der Waals surface area (Å²) in [4.78, 5) is 22.1. The highest BCUT2D eigenvalue weighted by molar-refractivity contribution is 5.78. The molecule has 0 aliphatic carbocycles. The lowest BCUT2D eigenvalue weighted by Crippen LogP contribution is -2.60. The molecule has 0 N–H and O–H groups in total. The van der Waals surface area contributed by atoms with Crippen molar-refractivity contribution in [1.29, 1.82) is 0 Å². The molecule has 164 valence electrons. The van der Waals surface area contributed by atoms with Crippen LogP contribution in [0.2, 0.25) is 0 Å². The Balaban J connectivity index is 1.16. The minimum absolute atomic E-state index is 0.134. The third kappa shape index (κ3) is 5.46. The average molecular weight is 415 g/mol. The Labute approximate surface area is 179 Å². The molecule has 3 saturated heterocycles. The molecule has 4 rings (SSSR count). The second kappa shape index (κ2) is 10.5. The fourth-order valence-electron chi connectivity index (χ4n) is 5.13. The predicted molar refractivity (Wildman–Crippen MR) is 114 cm³/mol. The minimum atomic E-state index is -0.370. The van der Waals surface area contributed by atoms with Crippen LogP contribution in [-0.4, -0.2) is 84.8 Å². The largest absolute Gasteiger partial charge is 0.395 e. The number of hydrazine groups is 2. The lowest BCUT2D eigenvalue weighted by atomic mass is 9.91. The number of piperazine rings is 1. The third-order valence-corrected chi connectivity index (χ3v) is 6.96. The summed E-state index contributed by atoms with van der Waals surface area (Å²) in [6, 6.07) is 10.9. The van der Waals surface area contributed by atoms with Crippen molar-refractivity contribution in [2.75, 3.05) is 52.4 Å². The zero-order valence-corrected chi connectivity index (χ0v) is 17.8. The Kier molecular flexibility index (Phi) is 7.49. The number of hydrogen-bond donors (Lipinski definition) is 0. The first-order chi connectivity index (χ1) is 14.7. The van der Waals surface area contributed by atoms with Crippen LogP contribution in [0.1, 0.15) is 31.2 Å². The van der Waals surface area contributed by atoms with Gasteiger partial charge in [0.25, 0.3) is 0 Å². The van der Waals surface area contributed by atoms with Crippen molar-refractivity contribution in [3.05, 3.63) is 35.9 Å². The molecule has 0 spiro atoms. The van der Waals surface area contributed by atoms with E-state index in [4.69, 9.17) is 0 Å². The molecule has 3 aliphatic heterocycles. The molecule has 0 atom stereocenters. The molecule has 0 bridgehead atoms. The fraction of sp³-hybridized carbons (Fsp3) is 0.652. The number of piperidine rings is 2. The molecule has 3 aliphatic rings. The molecular formula is C23H34N4O3. The minimum Gasteiger partial charge on any atom is -0.395 e. The first-order valence-electron chi connectivity index (χ1n) is 11.4. The van der Waals surface area contributed by atoms with Crippen LogP contribution in [0.5, 0.6) is 0 Å². The molecule has 0 unspecified atom stereocenters. The maximum atomic E-state index is 11.7. The molecule has 0 aromatic heterocycles. The summed E-state index contributed by atoms with van der Waals surface area (Å²) >= 11 is 0. The average Bonchev–Trinajstić information content (AvgIpc) is 2.81. The number of esters is 1. The van der Waals surface area contributed by atoms with E-state index >= 15 is 0 Å². The second-order valence-electron chi connectivity index (χ2n) is 8.76. The fourth-order valence-corrected chi connectivity index (χ4v) is 5.13. The molecule has 0 saturated carbocycles. The first-order valence-corrected chi connectivity index (χ1v) is 11.4.